The highest BCUT2D eigenvalue weighted by Crippen LogP contribution is 2.25. The molecular formula is C9H5F2N3. The summed E-state index contributed by atoms with van der Waals surface area (Å²) >= 11 is 0. The Kier molecular flexibility index (Phi) is 3.09. The molecule has 0 saturated carbocycles. The van der Waals surface area contributed by atoms with Crippen molar-refractivity contribution in [2.45, 2.75) is 12.8 Å². The van der Waals surface area contributed by atoms with E-state index in [9.17, 15) is 8.78 Å². The number of halogens is 2. The highest BCUT2D eigenvalue weighted by molar-refractivity contribution is 5.40. The zero-order valence-electron chi connectivity index (χ0n) is 7.04. The number of nitrogens with zero attached hydrogens (tertiary/aromatic N) is 3. The zero-order chi connectivity index (χ0) is 10.6. The standard InChI is InChI=1S/C9H5F2N3/c10-9(11)8-6(5-13)2-4-14-7(8)1-3-12/h2,4,9H,1H2. The first-order chi connectivity index (χ1) is 6.70. The Balaban J connectivity index is 3.31. The molecule has 3 nitrogen and oxygen atoms in total. The molecule has 5 heteroatoms. The average Bonchev–Trinajstić information content (AvgIpc) is 2.17. The predicted octanol–water partition coefficient (Wildman–Crippen LogP) is 1.96. The molecule has 1 heterocycles. The van der Waals surface area contributed by atoms with Crippen LogP contribution in [-0.2, 0) is 6.42 Å². The van der Waals surface area contributed by atoms with Gasteiger partial charge >= 0.3 is 0 Å². The largest absolute Gasteiger partial charge is 0.266 e. The summed E-state index contributed by atoms with van der Waals surface area (Å²) in [5.41, 5.74) is -0.585. The van der Waals surface area contributed by atoms with Crippen LogP contribution in [0.15, 0.2) is 12.3 Å². The number of hydrogen-bond acceptors (Lipinski definition) is 3. The summed E-state index contributed by atoms with van der Waals surface area (Å²) in [6.45, 7) is 0. The van der Waals surface area contributed by atoms with Crippen LogP contribution in [0.4, 0.5) is 8.78 Å². The number of hydrogen-bond donors (Lipinski definition) is 0. The molecule has 0 N–H and O–H groups in total. The van der Waals surface area contributed by atoms with E-state index in [4.69, 9.17) is 10.5 Å². The van der Waals surface area contributed by atoms with Gasteiger partial charge in [0, 0.05) is 6.20 Å². The van der Waals surface area contributed by atoms with Crippen LogP contribution in [-0.4, -0.2) is 4.98 Å². The lowest BCUT2D eigenvalue weighted by Crippen LogP contribution is -2.00. The Bertz CT molecular complexity index is 415. The van der Waals surface area contributed by atoms with E-state index in [2.05, 4.69) is 4.98 Å². The van der Waals surface area contributed by atoms with E-state index in [0.29, 0.717) is 0 Å². The second kappa shape index (κ2) is 4.29. The number of aromatic nitrogens is 1. The SMILES string of the molecule is N#CCc1nccc(C#N)c1C(F)F. The molecule has 0 fully saturated rings. The van der Waals surface area contributed by atoms with Gasteiger partial charge in [0.2, 0.25) is 0 Å². The summed E-state index contributed by atoms with van der Waals surface area (Å²) in [7, 11) is 0. The first kappa shape index (κ1) is 10.1. The normalized spacial score (nSPS) is 9.50. The van der Waals surface area contributed by atoms with Crippen molar-refractivity contribution in [3.05, 3.63) is 29.1 Å². The molecule has 1 aromatic heterocycles. The summed E-state index contributed by atoms with van der Waals surface area (Å²) in [6.07, 6.45) is -1.74. The van der Waals surface area contributed by atoms with E-state index in [1.807, 2.05) is 0 Å². The summed E-state index contributed by atoms with van der Waals surface area (Å²) in [4.78, 5) is 3.64. The number of pyridine rings is 1. The molecule has 0 atom stereocenters. The molecule has 0 saturated heterocycles. The molecule has 0 aliphatic rings. The molecule has 1 aromatic rings. The molecule has 70 valence electrons. The lowest BCUT2D eigenvalue weighted by Gasteiger charge is -2.05. The topological polar surface area (TPSA) is 60.5 Å². The minimum Gasteiger partial charge on any atom is -0.260 e. The lowest BCUT2D eigenvalue weighted by atomic mass is 10.1. The van der Waals surface area contributed by atoms with E-state index >= 15 is 0 Å². The fourth-order valence-corrected chi connectivity index (χ4v) is 1.07. The molecule has 0 aliphatic heterocycles. The van der Waals surface area contributed by atoms with Crippen LogP contribution < -0.4 is 0 Å². The van der Waals surface area contributed by atoms with E-state index in [-0.39, 0.29) is 17.7 Å². The summed E-state index contributed by atoms with van der Waals surface area (Å²) < 4.78 is 25.0. The maximum atomic E-state index is 12.5. The monoisotopic (exact) mass is 193 g/mol. The van der Waals surface area contributed by atoms with Gasteiger partial charge in [-0.1, -0.05) is 0 Å². The average molecular weight is 193 g/mol. The Morgan fingerprint density at radius 3 is 2.64 bits per heavy atom. The van der Waals surface area contributed by atoms with Crippen molar-refractivity contribution in [2.75, 3.05) is 0 Å². The van der Waals surface area contributed by atoms with E-state index in [0.717, 1.165) is 0 Å². The van der Waals surface area contributed by atoms with Crippen molar-refractivity contribution in [1.82, 2.24) is 4.98 Å². The summed E-state index contributed by atoms with van der Waals surface area (Å²) in [6, 6.07) is 4.58. The van der Waals surface area contributed by atoms with E-state index in [1.165, 1.54) is 12.3 Å². The number of nitriles is 2. The molecule has 0 bridgehead atoms. The van der Waals surface area contributed by atoms with Gasteiger partial charge in [0.05, 0.1) is 35.4 Å². The van der Waals surface area contributed by atoms with Gasteiger partial charge in [-0.2, -0.15) is 10.5 Å². The molecule has 0 spiro atoms. The van der Waals surface area contributed by atoms with Crippen LogP contribution in [0.1, 0.15) is 23.2 Å². The van der Waals surface area contributed by atoms with Gasteiger partial charge in [0.1, 0.15) is 0 Å². The van der Waals surface area contributed by atoms with Crippen LogP contribution in [0.25, 0.3) is 0 Å². The van der Waals surface area contributed by atoms with Gasteiger partial charge in [0.25, 0.3) is 6.43 Å². The third-order valence-corrected chi connectivity index (χ3v) is 1.66. The van der Waals surface area contributed by atoms with Crippen molar-refractivity contribution in [3.8, 4) is 12.1 Å². The predicted molar refractivity (Wildman–Crippen MR) is 43.2 cm³/mol. The van der Waals surface area contributed by atoms with Crippen molar-refractivity contribution < 1.29 is 8.78 Å². The molecule has 0 amide bonds. The van der Waals surface area contributed by atoms with Crippen LogP contribution >= 0.6 is 0 Å². The molecule has 0 aromatic carbocycles. The van der Waals surface area contributed by atoms with Crippen LogP contribution in [0.2, 0.25) is 0 Å². The minimum atomic E-state index is -2.78. The molecule has 0 aliphatic carbocycles. The molecular weight excluding hydrogens is 188 g/mol. The van der Waals surface area contributed by atoms with Gasteiger partial charge in [-0.25, -0.2) is 8.78 Å². The Hall–Kier alpha value is -2.01. The van der Waals surface area contributed by atoms with Gasteiger partial charge in [-0.05, 0) is 6.07 Å². The molecule has 14 heavy (non-hydrogen) atoms. The van der Waals surface area contributed by atoms with E-state index < -0.39 is 12.0 Å². The minimum absolute atomic E-state index is 0.0263. The highest BCUT2D eigenvalue weighted by Gasteiger charge is 2.18. The van der Waals surface area contributed by atoms with Crippen molar-refractivity contribution in [2.24, 2.45) is 0 Å². The molecule has 0 radical (unpaired) electrons. The maximum absolute atomic E-state index is 12.5. The van der Waals surface area contributed by atoms with Crippen LogP contribution in [0, 0.1) is 22.7 Å². The first-order valence-electron chi connectivity index (χ1n) is 3.73. The summed E-state index contributed by atoms with van der Waals surface area (Å²) in [5, 5.41) is 16.9. The second-order valence-corrected chi connectivity index (χ2v) is 2.47. The zero-order valence-corrected chi connectivity index (χ0v) is 7.04. The maximum Gasteiger partial charge on any atom is 0.266 e. The first-order valence-corrected chi connectivity index (χ1v) is 3.73. The highest BCUT2D eigenvalue weighted by atomic mass is 19.3. The van der Waals surface area contributed by atoms with Crippen molar-refractivity contribution in [1.29, 1.82) is 10.5 Å². The summed E-state index contributed by atoms with van der Waals surface area (Å²) in [5.74, 6) is 0. The lowest BCUT2D eigenvalue weighted by molar-refractivity contribution is 0.149. The smallest absolute Gasteiger partial charge is 0.260 e. The number of rotatable bonds is 2. The Morgan fingerprint density at radius 2 is 2.14 bits per heavy atom. The molecule has 1 rings (SSSR count). The van der Waals surface area contributed by atoms with Gasteiger partial charge < -0.3 is 0 Å². The van der Waals surface area contributed by atoms with Crippen LogP contribution in [0.3, 0.4) is 0 Å². The fourth-order valence-electron chi connectivity index (χ4n) is 1.07. The van der Waals surface area contributed by atoms with E-state index in [1.54, 1.807) is 12.1 Å². The van der Waals surface area contributed by atoms with Crippen molar-refractivity contribution in [3.63, 3.8) is 0 Å². The molecule has 0 unspecified atom stereocenters. The Morgan fingerprint density at radius 1 is 1.43 bits per heavy atom. The third kappa shape index (κ3) is 1.83. The van der Waals surface area contributed by atoms with Crippen molar-refractivity contribution >= 4 is 0 Å². The fraction of sp³-hybridized carbons (Fsp3) is 0.222. The van der Waals surface area contributed by atoms with Gasteiger partial charge in [-0.3, -0.25) is 4.98 Å². The second-order valence-electron chi connectivity index (χ2n) is 2.47. The van der Waals surface area contributed by atoms with Crippen LogP contribution in [0.5, 0.6) is 0 Å². The third-order valence-electron chi connectivity index (χ3n) is 1.66. The van der Waals surface area contributed by atoms with Gasteiger partial charge in [-0.15, -0.1) is 0 Å². The van der Waals surface area contributed by atoms with Gasteiger partial charge in [0.15, 0.2) is 0 Å². The quantitative estimate of drug-likeness (QED) is 0.721. The number of alkyl halides is 2. The Labute approximate surface area is 79.2 Å².